The molecule has 2 rings (SSSR count). The molecule has 0 unspecified atom stereocenters. The Morgan fingerprint density at radius 2 is 2.13 bits per heavy atom. The predicted molar refractivity (Wildman–Crippen MR) is 59.9 cm³/mol. The molecule has 76 valence electrons. The molecular weight excluding hydrogens is 259 g/mol. The van der Waals surface area contributed by atoms with Crippen LogP contribution in [-0.4, -0.2) is 9.97 Å². The molecular formula is C11H8BrFN2. The number of halogens is 2. The van der Waals surface area contributed by atoms with Gasteiger partial charge in [-0.1, -0.05) is 0 Å². The van der Waals surface area contributed by atoms with Gasteiger partial charge in [-0.2, -0.15) is 4.39 Å². The van der Waals surface area contributed by atoms with Crippen LogP contribution in [0.1, 0.15) is 5.56 Å². The van der Waals surface area contributed by atoms with Crippen LogP contribution in [0.15, 0.2) is 35.1 Å². The summed E-state index contributed by atoms with van der Waals surface area (Å²) >= 11 is 3.35. The number of pyridine rings is 2. The SMILES string of the molecule is Cc1cc(-c2cccnc2F)ncc1Br. The van der Waals surface area contributed by atoms with Crippen LogP contribution >= 0.6 is 15.9 Å². The summed E-state index contributed by atoms with van der Waals surface area (Å²) in [5, 5.41) is 0. The summed E-state index contributed by atoms with van der Waals surface area (Å²) in [5.41, 5.74) is 2.04. The molecule has 0 aromatic carbocycles. The fourth-order valence-electron chi connectivity index (χ4n) is 1.26. The predicted octanol–water partition coefficient (Wildman–Crippen LogP) is 3.35. The molecule has 15 heavy (non-hydrogen) atoms. The lowest BCUT2D eigenvalue weighted by Crippen LogP contribution is -1.91. The summed E-state index contributed by atoms with van der Waals surface area (Å²) in [7, 11) is 0. The number of nitrogens with zero attached hydrogens (tertiary/aromatic N) is 2. The van der Waals surface area contributed by atoms with Gasteiger partial charge in [0.15, 0.2) is 0 Å². The van der Waals surface area contributed by atoms with Gasteiger partial charge < -0.3 is 0 Å². The Kier molecular flexibility index (Phi) is 2.77. The van der Waals surface area contributed by atoms with E-state index in [9.17, 15) is 4.39 Å². The summed E-state index contributed by atoms with van der Waals surface area (Å²) < 4.78 is 14.3. The number of hydrogen-bond acceptors (Lipinski definition) is 2. The molecule has 0 amide bonds. The average molecular weight is 267 g/mol. The Bertz CT molecular complexity index is 500. The van der Waals surface area contributed by atoms with E-state index >= 15 is 0 Å². The molecule has 0 spiro atoms. The van der Waals surface area contributed by atoms with Crippen LogP contribution in [-0.2, 0) is 0 Å². The smallest absolute Gasteiger partial charge is 0.222 e. The second kappa shape index (κ2) is 4.06. The maximum Gasteiger partial charge on any atom is 0.222 e. The van der Waals surface area contributed by atoms with Crippen molar-refractivity contribution in [2.24, 2.45) is 0 Å². The van der Waals surface area contributed by atoms with Crippen molar-refractivity contribution in [3.8, 4) is 11.3 Å². The maximum absolute atomic E-state index is 13.3. The van der Waals surface area contributed by atoms with Crippen molar-refractivity contribution in [2.45, 2.75) is 6.92 Å². The van der Waals surface area contributed by atoms with Crippen LogP contribution in [0.4, 0.5) is 4.39 Å². The van der Waals surface area contributed by atoms with Gasteiger partial charge in [0.2, 0.25) is 5.95 Å². The van der Waals surface area contributed by atoms with E-state index in [1.54, 1.807) is 18.3 Å². The van der Waals surface area contributed by atoms with Crippen LogP contribution in [0.25, 0.3) is 11.3 Å². The van der Waals surface area contributed by atoms with E-state index in [1.165, 1.54) is 6.20 Å². The lowest BCUT2D eigenvalue weighted by Gasteiger charge is -2.03. The first-order valence-electron chi connectivity index (χ1n) is 4.41. The minimum absolute atomic E-state index is 0.424. The molecule has 2 nitrogen and oxygen atoms in total. The van der Waals surface area contributed by atoms with Crippen molar-refractivity contribution in [3.05, 3.63) is 46.6 Å². The Hall–Kier alpha value is -1.29. The number of aromatic nitrogens is 2. The van der Waals surface area contributed by atoms with Crippen molar-refractivity contribution in [1.82, 2.24) is 9.97 Å². The zero-order valence-corrected chi connectivity index (χ0v) is 9.62. The van der Waals surface area contributed by atoms with Crippen molar-refractivity contribution in [2.75, 3.05) is 0 Å². The first-order valence-corrected chi connectivity index (χ1v) is 5.21. The molecule has 0 saturated carbocycles. The third-order valence-electron chi connectivity index (χ3n) is 2.08. The van der Waals surface area contributed by atoms with Crippen molar-refractivity contribution >= 4 is 15.9 Å². The number of aryl methyl sites for hydroxylation is 1. The van der Waals surface area contributed by atoms with E-state index in [0.29, 0.717) is 11.3 Å². The van der Waals surface area contributed by atoms with Gasteiger partial charge in [-0.05, 0) is 46.6 Å². The van der Waals surface area contributed by atoms with Crippen LogP contribution in [0.2, 0.25) is 0 Å². The van der Waals surface area contributed by atoms with Gasteiger partial charge in [-0.15, -0.1) is 0 Å². The summed E-state index contributed by atoms with van der Waals surface area (Å²) in [6, 6.07) is 5.18. The molecule has 0 aliphatic rings. The van der Waals surface area contributed by atoms with Gasteiger partial charge in [0.25, 0.3) is 0 Å². The molecule has 0 aliphatic carbocycles. The normalized spacial score (nSPS) is 10.3. The Morgan fingerprint density at radius 3 is 2.80 bits per heavy atom. The van der Waals surface area contributed by atoms with Gasteiger partial charge in [0.05, 0.1) is 11.3 Å². The molecule has 0 N–H and O–H groups in total. The molecule has 0 atom stereocenters. The highest BCUT2D eigenvalue weighted by atomic mass is 79.9. The monoisotopic (exact) mass is 266 g/mol. The number of hydrogen-bond donors (Lipinski definition) is 0. The molecule has 0 fully saturated rings. The largest absolute Gasteiger partial charge is 0.255 e. The van der Waals surface area contributed by atoms with Crippen LogP contribution < -0.4 is 0 Å². The summed E-state index contributed by atoms with van der Waals surface area (Å²) in [4.78, 5) is 7.73. The molecule has 2 aromatic heterocycles. The third-order valence-corrected chi connectivity index (χ3v) is 2.91. The topological polar surface area (TPSA) is 25.8 Å². The maximum atomic E-state index is 13.3. The molecule has 0 bridgehead atoms. The minimum Gasteiger partial charge on any atom is -0.255 e. The first kappa shape index (κ1) is 10.2. The Labute approximate surface area is 95.3 Å². The lowest BCUT2D eigenvalue weighted by molar-refractivity contribution is 0.587. The highest BCUT2D eigenvalue weighted by molar-refractivity contribution is 9.10. The molecule has 4 heteroatoms. The summed E-state index contributed by atoms with van der Waals surface area (Å²) in [6.45, 7) is 1.93. The van der Waals surface area contributed by atoms with Crippen molar-refractivity contribution in [3.63, 3.8) is 0 Å². The van der Waals surface area contributed by atoms with E-state index in [2.05, 4.69) is 25.9 Å². The van der Waals surface area contributed by atoms with Gasteiger partial charge in [0.1, 0.15) is 0 Å². The lowest BCUT2D eigenvalue weighted by atomic mass is 10.1. The highest BCUT2D eigenvalue weighted by Crippen LogP contribution is 2.23. The molecule has 0 saturated heterocycles. The fraction of sp³-hybridized carbons (Fsp3) is 0.0909. The zero-order valence-electron chi connectivity index (χ0n) is 8.04. The van der Waals surface area contributed by atoms with Crippen LogP contribution in [0.3, 0.4) is 0 Å². The van der Waals surface area contributed by atoms with E-state index in [1.807, 2.05) is 13.0 Å². The third kappa shape index (κ3) is 2.04. The average Bonchev–Trinajstić information content (AvgIpc) is 2.23. The van der Waals surface area contributed by atoms with Crippen molar-refractivity contribution in [1.29, 1.82) is 0 Å². The highest BCUT2D eigenvalue weighted by Gasteiger charge is 2.07. The molecule has 2 heterocycles. The Morgan fingerprint density at radius 1 is 1.33 bits per heavy atom. The van der Waals surface area contributed by atoms with Gasteiger partial charge in [-0.3, -0.25) is 4.98 Å². The fourth-order valence-corrected chi connectivity index (χ4v) is 1.48. The second-order valence-electron chi connectivity index (χ2n) is 3.16. The Balaban J connectivity index is 2.55. The quantitative estimate of drug-likeness (QED) is 0.740. The molecule has 0 aliphatic heterocycles. The van der Waals surface area contributed by atoms with Gasteiger partial charge in [-0.25, -0.2) is 4.98 Å². The minimum atomic E-state index is -0.494. The molecule has 0 radical (unpaired) electrons. The second-order valence-corrected chi connectivity index (χ2v) is 4.01. The van der Waals surface area contributed by atoms with E-state index < -0.39 is 5.95 Å². The van der Waals surface area contributed by atoms with Gasteiger partial charge in [0, 0.05) is 16.9 Å². The van der Waals surface area contributed by atoms with E-state index in [0.717, 1.165) is 10.0 Å². The standard InChI is InChI=1S/C11H8BrFN2/c1-7-5-10(15-6-9(7)12)8-3-2-4-14-11(8)13/h2-6H,1H3. The molecule has 2 aromatic rings. The van der Waals surface area contributed by atoms with E-state index in [4.69, 9.17) is 0 Å². The summed E-state index contributed by atoms with van der Waals surface area (Å²) in [5.74, 6) is -0.494. The van der Waals surface area contributed by atoms with Crippen molar-refractivity contribution < 1.29 is 4.39 Å². The summed E-state index contributed by atoms with van der Waals surface area (Å²) in [6.07, 6.45) is 3.08. The first-order chi connectivity index (χ1) is 7.18. The van der Waals surface area contributed by atoms with Gasteiger partial charge >= 0.3 is 0 Å². The van der Waals surface area contributed by atoms with Crippen LogP contribution in [0.5, 0.6) is 0 Å². The van der Waals surface area contributed by atoms with Crippen LogP contribution in [0, 0.1) is 12.9 Å². The zero-order chi connectivity index (χ0) is 10.8. The number of rotatable bonds is 1. The van der Waals surface area contributed by atoms with E-state index in [-0.39, 0.29) is 0 Å².